The summed E-state index contributed by atoms with van der Waals surface area (Å²) in [5, 5.41) is 4.76. The summed E-state index contributed by atoms with van der Waals surface area (Å²) in [5.41, 5.74) is 0. The normalized spacial score (nSPS) is 9.07. The zero-order valence-corrected chi connectivity index (χ0v) is 10.7. The Bertz CT molecular complexity index is 205. The molecule has 4 heteroatoms. The van der Waals surface area contributed by atoms with E-state index in [9.17, 15) is 0 Å². The number of thiocarbonyl (C=S) groups is 2. The van der Waals surface area contributed by atoms with Crippen LogP contribution in [-0.2, 0) is 0 Å². The molecule has 0 aromatic rings. The minimum Gasteiger partial charge on any atom is -0.233 e. The fourth-order valence-corrected chi connectivity index (χ4v) is 1.54. The average molecular weight is 242 g/mol. The monoisotopic (exact) mass is 242 g/mol. The van der Waals surface area contributed by atoms with Gasteiger partial charge in [-0.2, -0.15) is 0 Å². The fourth-order valence-electron chi connectivity index (χ4n) is 1.36. The molecule has 0 unspecified atom stereocenters. The van der Waals surface area contributed by atoms with Gasteiger partial charge in [0.2, 0.25) is 0 Å². The van der Waals surface area contributed by atoms with Crippen molar-refractivity contribution in [1.82, 2.24) is 0 Å². The van der Waals surface area contributed by atoms with Crippen LogP contribution >= 0.6 is 24.4 Å². The van der Waals surface area contributed by atoms with Crippen molar-refractivity contribution in [2.45, 2.75) is 44.9 Å². The first kappa shape index (κ1) is 14.6. The summed E-state index contributed by atoms with van der Waals surface area (Å²) >= 11 is 8.97. The number of isothiocyanates is 2. The third-order valence-electron chi connectivity index (χ3n) is 2.17. The summed E-state index contributed by atoms with van der Waals surface area (Å²) in [7, 11) is 0. The van der Waals surface area contributed by atoms with Crippen molar-refractivity contribution < 1.29 is 0 Å². The van der Waals surface area contributed by atoms with Crippen molar-refractivity contribution in [2.75, 3.05) is 13.1 Å². The van der Waals surface area contributed by atoms with E-state index in [0.29, 0.717) is 0 Å². The van der Waals surface area contributed by atoms with Crippen LogP contribution in [0.3, 0.4) is 0 Å². The van der Waals surface area contributed by atoms with Gasteiger partial charge in [-0.15, -0.1) is 0 Å². The van der Waals surface area contributed by atoms with Crippen LogP contribution in [-0.4, -0.2) is 23.4 Å². The minimum absolute atomic E-state index is 0.840. The molecule has 0 aliphatic carbocycles. The Balaban J connectivity index is 2.98. The summed E-state index contributed by atoms with van der Waals surface area (Å²) in [6.45, 7) is 1.68. The Hall–Kier alpha value is -0.400. The van der Waals surface area contributed by atoms with Gasteiger partial charge in [-0.3, -0.25) is 0 Å². The molecular formula is C11H18N2S2. The lowest BCUT2D eigenvalue weighted by molar-refractivity contribution is 0.586. The van der Waals surface area contributed by atoms with Crippen LogP contribution in [0.25, 0.3) is 0 Å². The Morgan fingerprint density at radius 3 is 1.27 bits per heavy atom. The number of rotatable bonds is 10. The maximum atomic E-state index is 4.48. The van der Waals surface area contributed by atoms with Crippen LogP contribution in [0.4, 0.5) is 0 Å². The number of hydrogen-bond acceptors (Lipinski definition) is 4. The van der Waals surface area contributed by atoms with Gasteiger partial charge in [0.15, 0.2) is 0 Å². The smallest absolute Gasteiger partial charge is 0.0584 e. The Morgan fingerprint density at radius 2 is 0.933 bits per heavy atom. The third-order valence-corrected chi connectivity index (χ3v) is 2.43. The van der Waals surface area contributed by atoms with E-state index in [1.165, 1.54) is 32.1 Å². The molecular weight excluding hydrogens is 224 g/mol. The van der Waals surface area contributed by atoms with E-state index in [0.717, 1.165) is 25.9 Å². The molecule has 0 heterocycles. The molecule has 0 aromatic heterocycles. The minimum atomic E-state index is 0.840. The molecule has 2 nitrogen and oxygen atoms in total. The number of aliphatic imine (C=N–C) groups is 2. The van der Waals surface area contributed by atoms with Crippen LogP contribution in [0, 0.1) is 0 Å². The summed E-state index contributed by atoms with van der Waals surface area (Å²) in [4.78, 5) is 7.75. The molecule has 0 bridgehead atoms. The van der Waals surface area contributed by atoms with E-state index in [-0.39, 0.29) is 0 Å². The summed E-state index contributed by atoms with van der Waals surface area (Å²) in [6, 6.07) is 0. The van der Waals surface area contributed by atoms with Gasteiger partial charge in [-0.05, 0) is 37.3 Å². The lowest BCUT2D eigenvalue weighted by Crippen LogP contribution is -1.84. The number of unbranched alkanes of at least 4 members (excludes halogenated alkanes) is 6. The second kappa shape index (κ2) is 13.6. The molecule has 0 aliphatic heterocycles. The third kappa shape index (κ3) is 13.6. The van der Waals surface area contributed by atoms with E-state index >= 15 is 0 Å². The first-order valence-electron chi connectivity index (χ1n) is 5.49. The van der Waals surface area contributed by atoms with Crippen LogP contribution in [0.2, 0.25) is 0 Å². The van der Waals surface area contributed by atoms with E-state index < -0.39 is 0 Å². The molecule has 84 valence electrons. The fraction of sp³-hybridized carbons (Fsp3) is 0.818. The van der Waals surface area contributed by atoms with Crippen molar-refractivity contribution in [2.24, 2.45) is 9.98 Å². The maximum absolute atomic E-state index is 4.48. The largest absolute Gasteiger partial charge is 0.233 e. The molecule has 0 rings (SSSR count). The van der Waals surface area contributed by atoms with Crippen LogP contribution in [0.5, 0.6) is 0 Å². The zero-order chi connectivity index (χ0) is 11.2. The molecule has 0 saturated heterocycles. The van der Waals surface area contributed by atoms with Gasteiger partial charge in [0, 0.05) is 13.1 Å². The Kier molecular flexibility index (Phi) is 13.2. The highest BCUT2D eigenvalue weighted by molar-refractivity contribution is 7.78. The van der Waals surface area contributed by atoms with Gasteiger partial charge in [-0.25, -0.2) is 9.98 Å². The lowest BCUT2D eigenvalue weighted by atomic mass is 10.1. The predicted octanol–water partition coefficient (Wildman–Crippen LogP) is 3.92. The quantitative estimate of drug-likeness (QED) is 0.329. The van der Waals surface area contributed by atoms with Gasteiger partial charge < -0.3 is 0 Å². The summed E-state index contributed by atoms with van der Waals surface area (Å²) in [5.74, 6) is 0. The lowest BCUT2D eigenvalue weighted by Gasteiger charge is -1.99. The topological polar surface area (TPSA) is 24.7 Å². The first-order valence-corrected chi connectivity index (χ1v) is 6.30. The first-order chi connectivity index (χ1) is 7.41. The highest BCUT2D eigenvalue weighted by atomic mass is 32.1. The van der Waals surface area contributed by atoms with Crippen molar-refractivity contribution >= 4 is 34.8 Å². The Labute approximate surface area is 103 Å². The molecule has 0 saturated carbocycles. The molecule has 15 heavy (non-hydrogen) atoms. The van der Waals surface area contributed by atoms with Gasteiger partial charge >= 0.3 is 0 Å². The van der Waals surface area contributed by atoms with Crippen LogP contribution in [0.1, 0.15) is 44.9 Å². The van der Waals surface area contributed by atoms with Gasteiger partial charge in [0.1, 0.15) is 0 Å². The van der Waals surface area contributed by atoms with Gasteiger partial charge in [0.05, 0.1) is 10.3 Å². The van der Waals surface area contributed by atoms with Crippen molar-refractivity contribution in [1.29, 1.82) is 0 Å². The van der Waals surface area contributed by atoms with Crippen molar-refractivity contribution in [3.63, 3.8) is 0 Å². The van der Waals surface area contributed by atoms with Crippen LogP contribution < -0.4 is 0 Å². The summed E-state index contributed by atoms with van der Waals surface area (Å²) < 4.78 is 0. The molecule has 0 aromatic carbocycles. The average Bonchev–Trinajstić information content (AvgIpc) is 2.26. The van der Waals surface area contributed by atoms with E-state index in [1.54, 1.807) is 0 Å². The van der Waals surface area contributed by atoms with E-state index in [1.807, 2.05) is 0 Å². The molecule has 0 atom stereocenters. The van der Waals surface area contributed by atoms with Crippen molar-refractivity contribution in [3.8, 4) is 0 Å². The molecule has 0 aliphatic rings. The second-order valence-electron chi connectivity index (χ2n) is 3.42. The number of hydrogen-bond donors (Lipinski definition) is 0. The molecule has 0 radical (unpaired) electrons. The van der Waals surface area contributed by atoms with Crippen LogP contribution in [0.15, 0.2) is 9.98 Å². The maximum Gasteiger partial charge on any atom is 0.0584 e. The SMILES string of the molecule is S=C=NCCCCCCCCCN=C=S. The van der Waals surface area contributed by atoms with Gasteiger partial charge in [-0.1, -0.05) is 32.1 Å². The van der Waals surface area contributed by atoms with E-state index in [2.05, 4.69) is 44.7 Å². The molecule has 0 N–H and O–H groups in total. The highest BCUT2D eigenvalue weighted by Gasteiger charge is 1.90. The molecule has 0 spiro atoms. The standard InChI is InChI=1S/C11H18N2S2/c14-10-12-8-6-4-2-1-3-5-7-9-13-11-15/h1-9H2. The second-order valence-corrected chi connectivity index (χ2v) is 3.79. The summed E-state index contributed by atoms with van der Waals surface area (Å²) in [6.07, 6.45) is 8.67. The van der Waals surface area contributed by atoms with Gasteiger partial charge in [0.25, 0.3) is 0 Å². The Morgan fingerprint density at radius 1 is 0.600 bits per heavy atom. The predicted molar refractivity (Wildman–Crippen MR) is 72.1 cm³/mol. The highest BCUT2D eigenvalue weighted by Crippen LogP contribution is 2.07. The zero-order valence-electron chi connectivity index (χ0n) is 9.07. The molecule has 0 fully saturated rings. The van der Waals surface area contributed by atoms with E-state index in [4.69, 9.17) is 0 Å². The molecule has 0 amide bonds. The van der Waals surface area contributed by atoms with Crippen molar-refractivity contribution in [3.05, 3.63) is 0 Å². The number of nitrogens with zero attached hydrogens (tertiary/aromatic N) is 2.